The minimum Gasteiger partial charge on any atom is -0.495 e. The zero-order valence-electron chi connectivity index (χ0n) is 14.0. The molecule has 132 valence electrons. The van der Waals surface area contributed by atoms with E-state index in [1.54, 1.807) is 0 Å². The Bertz CT molecular complexity index is 770. The average Bonchev–Trinajstić information content (AvgIpc) is 2.45. The second kappa shape index (κ2) is 6.76. The van der Waals surface area contributed by atoms with Crippen molar-refractivity contribution in [3.8, 4) is 5.75 Å². The first kappa shape index (κ1) is 19.9. The number of ether oxygens (including phenoxy) is 1. The van der Waals surface area contributed by atoms with Gasteiger partial charge in [0.25, 0.3) is 0 Å². The van der Waals surface area contributed by atoms with E-state index in [4.69, 9.17) is 10.5 Å². The average molecular weight is 364 g/mol. The van der Waals surface area contributed by atoms with Gasteiger partial charge in [-0.3, -0.25) is 0 Å². The van der Waals surface area contributed by atoms with Crippen molar-refractivity contribution in [2.24, 2.45) is 11.1 Å². The van der Waals surface area contributed by atoms with Gasteiger partial charge in [-0.15, -0.1) is 0 Å². The molecule has 2 N–H and O–H groups in total. The Labute approximate surface area is 138 Å². The molecule has 1 aromatic carbocycles. The van der Waals surface area contributed by atoms with E-state index in [1.165, 1.54) is 26.3 Å². The van der Waals surface area contributed by atoms with E-state index in [2.05, 4.69) is 0 Å². The standard InChI is InChI=1S/C14H24N2O5S2/c1-14(2,9-15)10-16(3)23(19,20)13-8-11(22(5,17)18)6-7-12(13)21-4/h6-8H,9-10,15H2,1-5H3. The molecule has 0 bridgehead atoms. The predicted octanol–water partition coefficient (Wildman–Crippen LogP) is 0.704. The number of methoxy groups -OCH3 is 1. The molecule has 1 rings (SSSR count). The lowest BCUT2D eigenvalue weighted by Crippen LogP contribution is -2.39. The zero-order chi connectivity index (χ0) is 18.1. The molecular formula is C14H24N2O5S2. The van der Waals surface area contributed by atoms with Crippen LogP contribution in [0.5, 0.6) is 5.75 Å². The maximum Gasteiger partial charge on any atom is 0.246 e. The second-order valence-corrected chi connectivity index (χ2v) is 10.2. The molecular weight excluding hydrogens is 340 g/mol. The Kier molecular flexibility index (Phi) is 5.84. The SMILES string of the molecule is COc1ccc(S(C)(=O)=O)cc1S(=O)(=O)N(C)CC(C)(C)CN. The summed E-state index contributed by atoms with van der Waals surface area (Å²) in [6, 6.07) is 3.78. The van der Waals surface area contributed by atoms with Crippen LogP contribution in [0.4, 0.5) is 0 Å². The van der Waals surface area contributed by atoms with E-state index < -0.39 is 25.3 Å². The minimum atomic E-state index is -3.92. The van der Waals surface area contributed by atoms with E-state index in [0.717, 1.165) is 16.6 Å². The van der Waals surface area contributed by atoms with Gasteiger partial charge in [-0.1, -0.05) is 13.8 Å². The number of rotatable bonds is 7. The van der Waals surface area contributed by atoms with Gasteiger partial charge in [-0.25, -0.2) is 21.1 Å². The van der Waals surface area contributed by atoms with Gasteiger partial charge < -0.3 is 10.5 Å². The van der Waals surface area contributed by atoms with Crippen LogP contribution in [0, 0.1) is 5.41 Å². The summed E-state index contributed by atoms with van der Waals surface area (Å²) in [5, 5.41) is 0. The number of sulfonamides is 1. The van der Waals surface area contributed by atoms with Crippen molar-refractivity contribution in [1.29, 1.82) is 0 Å². The van der Waals surface area contributed by atoms with Gasteiger partial charge in [-0.2, -0.15) is 0 Å². The largest absolute Gasteiger partial charge is 0.495 e. The molecule has 0 aliphatic rings. The third-order valence-electron chi connectivity index (χ3n) is 3.45. The highest BCUT2D eigenvalue weighted by atomic mass is 32.2. The van der Waals surface area contributed by atoms with Gasteiger partial charge in [-0.05, 0) is 30.2 Å². The van der Waals surface area contributed by atoms with Gasteiger partial charge in [0.1, 0.15) is 10.6 Å². The Morgan fingerprint density at radius 3 is 2.22 bits per heavy atom. The number of nitrogens with two attached hydrogens (primary N) is 1. The molecule has 0 radical (unpaired) electrons. The summed E-state index contributed by atoms with van der Waals surface area (Å²) in [6.45, 7) is 4.21. The van der Waals surface area contributed by atoms with Crippen molar-refractivity contribution in [3.05, 3.63) is 18.2 Å². The molecule has 0 heterocycles. The Morgan fingerprint density at radius 2 is 1.78 bits per heavy atom. The van der Waals surface area contributed by atoms with Crippen molar-refractivity contribution in [3.63, 3.8) is 0 Å². The minimum absolute atomic E-state index is 0.0802. The normalized spacial score (nSPS) is 13.3. The van der Waals surface area contributed by atoms with Crippen molar-refractivity contribution < 1.29 is 21.6 Å². The first-order chi connectivity index (χ1) is 10.3. The fourth-order valence-electron chi connectivity index (χ4n) is 2.01. The van der Waals surface area contributed by atoms with E-state index in [9.17, 15) is 16.8 Å². The van der Waals surface area contributed by atoms with Crippen molar-refractivity contribution in [2.45, 2.75) is 23.6 Å². The second-order valence-electron chi connectivity index (χ2n) is 6.21. The Morgan fingerprint density at radius 1 is 1.22 bits per heavy atom. The number of sulfone groups is 1. The summed E-state index contributed by atoms with van der Waals surface area (Å²) in [7, 11) is -4.69. The third kappa shape index (κ3) is 4.66. The molecule has 0 aromatic heterocycles. The molecule has 1 aromatic rings. The van der Waals surface area contributed by atoms with Crippen LogP contribution in [0.3, 0.4) is 0 Å². The highest BCUT2D eigenvalue weighted by Gasteiger charge is 2.30. The number of nitrogens with zero attached hydrogens (tertiary/aromatic N) is 1. The fraction of sp³-hybridized carbons (Fsp3) is 0.571. The Hall–Kier alpha value is -1.16. The maximum absolute atomic E-state index is 12.8. The number of hydrogen-bond donors (Lipinski definition) is 1. The quantitative estimate of drug-likeness (QED) is 0.763. The Balaban J connectivity index is 3.42. The summed E-state index contributed by atoms with van der Waals surface area (Å²) in [5.41, 5.74) is 5.24. The highest BCUT2D eigenvalue weighted by Crippen LogP contribution is 2.30. The molecule has 23 heavy (non-hydrogen) atoms. The van der Waals surface area contributed by atoms with E-state index in [0.29, 0.717) is 6.54 Å². The van der Waals surface area contributed by atoms with Crippen molar-refractivity contribution in [2.75, 3.05) is 33.5 Å². The lowest BCUT2D eigenvalue weighted by molar-refractivity contribution is 0.291. The molecule has 0 saturated heterocycles. The van der Waals surface area contributed by atoms with Gasteiger partial charge in [0.2, 0.25) is 10.0 Å². The molecule has 0 atom stereocenters. The number of hydrogen-bond acceptors (Lipinski definition) is 6. The molecule has 0 saturated carbocycles. The smallest absolute Gasteiger partial charge is 0.246 e. The van der Waals surface area contributed by atoms with Crippen molar-refractivity contribution in [1.82, 2.24) is 4.31 Å². The van der Waals surface area contributed by atoms with Crippen LogP contribution in [0.15, 0.2) is 28.0 Å². The van der Waals surface area contributed by atoms with Gasteiger partial charge in [0.05, 0.1) is 12.0 Å². The van der Waals surface area contributed by atoms with Crippen LogP contribution in [0.2, 0.25) is 0 Å². The molecule has 0 aliphatic carbocycles. The fourth-order valence-corrected chi connectivity index (χ4v) is 4.27. The predicted molar refractivity (Wildman–Crippen MR) is 88.8 cm³/mol. The van der Waals surface area contributed by atoms with E-state index in [1.807, 2.05) is 13.8 Å². The zero-order valence-corrected chi connectivity index (χ0v) is 15.7. The van der Waals surface area contributed by atoms with Crippen LogP contribution >= 0.6 is 0 Å². The van der Waals surface area contributed by atoms with E-state index in [-0.39, 0.29) is 22.1 Å². The molecule has 7 nitrogen and oxygen atoms in total. The summed E-state index contributed by atoms with van der Waals surface area (Å²) >= 11 is 0. The van der Waals surface area contributed by atoms with Gasteiger partial charge in [0.15, 0.2) is 9.84 Å². The van der Waals surface area contributed by atoms with Crippen molar-refractivity contribution >= 4 is 19.9 Å². The topological polar surface area (TPSA) is 107 Å². The molecule has 0 spiro atoms. The first-order valence-electron chi connectivity index (χ1n) is 6.89. The van der Waals surface area contributed by atoms with Gasteiger partial charge in [0, 0.05) is 19.8 Å². The monoisotopic (exact) mass is 364 g/mol. The first-order valence-corrected chi connectivity index (χ1v) is 10.2. The summed E-state index contributed by atoms with van der Waals surface area (Å²) in [6.07, 6.45) is 1.02. The summed E-state index contributed by atoms with van der Waals surface area (Å²) in [4.78, 5) is -0.262. The highest BCUT2D eigenvalue weighted by molar-refractivity contribution is 7.91. The maximum atomic E-state index is 12.8. The van der Waals surface area contributed by atoms with Crippen LogP contribution in [-0.4, -0.2) is 54.6 Å². The molecule has 0 amide bonds. The van der Waals surface area contributed by atoms with Crippen LogP contribution in [0.1, 0.15) is 13.8 Å². The van der Waals surface area contributed by atoms with Crippen LogP contribution in [0.25, 0.3) is 0 Å². The third-order valence-corrected chi connectivity index (χ3v) is 6.39. The van der Waals surface area contributed by atoms with E-state index >= 15 is 0 Å². The lowest BCUT2D eigenvalue weighted by Gasteiger charge is -2.28. The summed E-state index contributed by atoms with van der Waals surface area (Å²) < 4.78 is 55.2. The lowest BCUT2D eigenvalue weighted by atomic mass is 9.94. The number of benzene rings is 1. The molecule has 9 heteroatoms. The van der Waals surface area contributed by atoms with Gasteiger partial charge >= 0.3 is 0 Å². The molecule has 0 aliphatic heterocycles. The van der Waals surface area contributed by atoms with Crippen LogP contribution in [-0.2, 0) is 19.9 Å². The molecule has 0 unspecified atom stereocenters. The molecule has 0 fully saturated rings. The van der Waals surface area contributed by atoms with Crippen LogP contribution < -0.4 is 10.5 Å². The summed E-state index contributed by atoms with van der Waals surface area (Å²) in [5.74, 6) is 0.0924.